The molecule has 2 N–H and O–H groups in total. The summed E-state index contributed by atoms with van der Waals surface area (Å²) in [7, 11) is 0. The third kappa shape index (κ3) is 7.54. The van der Waals surface area contributed by atoms with Crippen LogP contribution < -0.4 is 5.32 Å². The van der Waals surface area contributed by atoms with Crippen LogP contribution in [0.1, 0.15) is 95.1 Å². The average Bonchev–Trinajstić information content (AvgIpc) is 3.75. The Morgan fingerprint density at radius 2 is 1.81 bits per heavy atom. The maximum atomic E-state index is 14.7. The molecule has 3 amide bonds. The van der Waals surface area contributed by atoms with E-state index in [1.54, 1.807) is 17.1 Å². The van der Waals surface area contributed by atoms with E-state index in [4.69, 9.17) is 9.47 Å². The van der Waals surface area contributed by atoms with Gasteiger partial charge in [-0.25, -0.2) is 0 Å². The van der Waals surface area contributed by atoms with Crippen LogP contribution in [0.2, 0.25) is 0 Å². The van der Waals surface area contributed by atoms with E-state index >= 15 is 0 Å². The summed E-state index contributed by atoms with van der Waals surface area (Å²) in [5.74, 6) is -2.58. The third-order valence-corrected chi connectivity index (χ3v) is 10.8. The highest BCUT2D eigenvalue weighted by atomic mass is 16.5. The van der Waals surface area contributed by atoms with Crippen molar-refractivity contribution >= 4 is 23.7 Å². The molecule has 1 saturated carbocycles. The predicted octanol–water partition coefficient (Wildman–Crippen LogP) is 4.63. The number of fused-ring (bicyclic) bond motifs is 1. The Morgan fingerprint density at radius 3 is 2.52 bits per heavy atom. The Balaban J connectivity index is 1.41. The monoisotopic (exact) mass is 663 g/mol. The summed E-state index contributed by atoms with van der Waals surface area (Å²) < 4.78 is 12.3. The van der Waals surface area contributed by atoms with E-state index in [0.717, 1.165) is 50.5 Å². The first-order valence-electron chi connectivity index (χ1n) is 18.0. The minimum Gasteiger partial charge on any atom is -0.463 e. The van der Waals surface area contributed by atoms with Gasteiger partial charge in [0.25, 0.3) is 0 Å². The van der Waals surface area contributed by atoms with Crippen molar-refractivity contribution in [1.82, 2.24) is 15.1 Å². The molecular formula is C38H53N3O7. The molecule has 1 spiro atoms. The Bertz CT molecular complexity index is 1300. The Hall–Kier alpha value is -3.50. The molecule has 262 valence electrons. The standard InChI is InChI=1S/C38H53N3O7/c1-3-5-20-31(43)47-26-29(27-16-10-8-11-17-27)39-35(44)32-30-21-22-38(48-30)33(32)36(45)41(24-14-6-7-15-25-42)34(38)37(46)40(23-4-2)28-18-12-9-13-19-28/h3-4,8,10-11,16-17,28-30,32-34,42H,1-2,5-7,9,12-15,18-26H2,(H,39,44)/t29-,30-,32+,33+,34-,38+/m1/s1. The molecule has 3 aliphatic heterocycles. The number of hydrogen-bond acceptors (Lipinski definition) is 7. The fourth-order valence-electron chi connectivity index (χ4n) is 8.47. The average molecular weight is 664 g/mol. The Morgan fingerprint density at radius 1 is 1.06 bits per heavy atom. The number of benzene rings is 1. The van der Waals surface area contributed by atoms with Gasteiger partial charge in [0.15, 0.2) is 0 Å². The number of likely N-dealkylation sites (tertiary alicyclic amines) is 1. The van der Waals surface area contributed by atoms with E-state index < -0.39 is 35.6 Å². The second kappa shape index (κ2) is 16.7. The number of carbonyl (C=O) groups is 4. The van der Waals surface area contributed by atoms with Gasteiger partial charge >= 0.3 is 5.97 Å². The van der Waals surface area contributed by atoms with Gasteiger partial charge in [-0.15, -0.1) is 13.2 Å². The number of rotatable bonds is 18. The van der Waals surface area contributed by atoms with Crippen LogP contribution in [0.3, 0.4) is 0 Å². The molecule has 1 aromatic carbocycles. The van der Waals surface area contributed by atoms with E-state index in [-0.39, 0.29) is 49.4 Å². The number of aliphatic hydroxyl groups is 1. The van der Waals surface area contributed by atoms with Crippen molar-refractivity contribution in [3.63, 3.8) is 0 Å². The smallest absolute Gasteiger partial charge is 0.306 e. The van der Waals surface area contributed by atoms with Crippen LogP contribution in [0.5, 0.6) is 0 Å². The summed E-state index contributed by atoms with van der Waals surface area (Å²) in [6.07, 6.45) is 12.9. The molecule has 1 aliphatic carbocycles. The minimum absolute atomic E-state index is 0.0489. The molecule has 0 radical (unpaired) electrons. The van der Waals surface area contributed by atoms with Gasteiger partial charge in [-0.1, -0.05) is 74.6 Å². The number of allylic oxidation sites excluding steroid dienone is 1. The highest BCUT2D eigenvalue weighted by Crippen LogP contribution is 2.59. The minimum atomic E-state index is -1.08. The SMILES string of the molecule is C=CCCC(=O)OC[C@@H](NC(=O)[C@@H]1[C@H]2C(=O)N(CCCCCCO)[C@H](C(=O)N(CC=C)C3CCCCC3)[C@]23CC[C@H]1O3)c1ccccc1. The first kappa shape index (κ1) is 35.8. The van der Waals surface area contributed by atoms with Gasteiger partial charge in [-0.05, 0) is 50.5 Å². The zero-order valence-corrected chi connectivity index (χ0v) is 28.2. The van der Waals surface area contributed by atoms with Gasteiger partial charge in [0.2, 0.25) is 17.7 Å². The van der Waals surface area contributed by atoms with Crippen LogP contribution in [-0.2, 0) is 28.7 Å². The van der Waals surface area contributed by atoms with E-state index in [1.165, 1.54) is 0 Å². The largest absolute Gasteiger partial charge is 0.463 e. The summed E-state index contributed by atoms with van der Waals surface area (Å²) in [5.41, 5.74) is -0.302. The third-order valence-electron chi connectivity index (χ3n) is 10.8. The molecule has 3 saturated heterocycles. The van der Waals surface area contributed by atoms with Crippen molar-refractivity contribution in [3.05, 3.63) is 61.2 Å². The second-order valence-corrected chi connectivity index (χ2v) is 13.8. The molecular weight excluding hydrogens is 610 g/mol. The number of nitrogens with zero attached hydrogens (tertiary/aromatic N) is 2. The summed E-state index contributed by atoms with van der Waals surface area (Å²) in [6, 6.07) is 7.99. The highest BCUT2D eigenvalue weighted by molar-refractivity contribution is 5.99. The number of hydrogen-bond donors (Lipinski definition) is 2. The summed E-state index contributed by atoms with van der Waals surface area (Å²) in [4.78, 5) is 59.5. The molecule has 48 heavy (non-hydrogen) atoms. The molecule has 4 aliphatic rings. The number of ether oxygens (including phenoxy) is 2. The lowest BCUT2D eigenvalue weighted by atomic mass is 9.70. The quantitative estimate of drug-likeness (QED) is 0.133. The summed E-state index contributed by atoms with van der Waals surface area (Å²) in [5, 5.41) is 12.4. The number of amides is 3. The van der Waals surface area contributed by atoms with Gasteiger partial charge in [-0.2, -0.15) is 0 Å². The number of esters is 1. The first-order chi connectivity index (χ1) is 23.4. The van der Waals surface area contributed by atoms with Crippen molar-refractivity contribution in [2.75, 3.05) is 26.3 Å². The van der Waals surface area contributed by atoms with Gasteiger partial charge in [0.1, 0.15) is 18.2 Å². The topological polar surface area (TPSA) is 125 Å². The van der Waals surface area contributed by atoms with E-state index in [9.17, 15) is 24.3 Å². The molecule has 3 heterocycles. The second-order valence-electron chi connectivity index (χ2n) is 13.8. The van der Waals surface area contributed by atoms with Crippen LogP contribution in [0.25, 0.3) is 0 Å². The maximum absolute atomic E-state index is 14.7. The Labute approximate surface area is 284 Å². The molecule has 1 aromatic rings. The van der Waals surface area contributed by atoms with Crippen LogP contribution in [-0.4, -0.2) is 88.7 Å². The normalized spacial score (nSPS) is 26.9. The zero-order chi connectivity index (χ0) is 34.1. The fourth-order valence-corrected chi connectivity index (χ4v) is 8.47. The van der Waals surface area contributed by atoms with Crippen molar-refractivity contribution in [3.8, 4) is 0 Å². The van der Waals surface area contributed by atoms with Crippen molar-refractivity contribution in [2.24, 2.45) is 11.8 Å². The highest BCUT2D eigenvalue weighted by Gasteiger charge is 2.74. The number of aliphatic hydroxyl groups excluding tert-OH is 1. The zero-order valence-electron chi connectivity index (χ0n) is 28.2. The van der Waals surface area contributed by atoms with Gasteiger partial charge < -0.3 is 29.7 Å². The van der Waals surface area contributed by atoms with Gasteiger partial charge in [-0.3, -0.25) is 19.2 Å². The Kier molecular flexibility index (Phi) is 12.5. The lowest BCUT2D eigenvalue weighted by Gasteiger charge is -2.40. The molecule has 4 fully saturated rings. The van der Waals surface area contributed by atoms with Crippen LogP contribution >= 0.6 is 0 Å². The number of carbonyl (C=O) groups excluding carboxylic acids is 4. The van der Waals surface area contributed by atoms with Crippen molar-refractivity contribution < 1.29 is 33.8 Å². The molecule has 10 nitrogen and oxygen atoms in total. The molecule has 6 atom stereocenters. The van der Waals surface area contributed by atoms with Crippen molar-refractivity contribution in [2.45, 2.75) is 113 Å². The van der Waals surface area contributed by atoms with E-state index in [2.05, 4.69) is 18.5 Å². The summed E-state index contributed by atoms with van der Waals surface area (Å²) >= 11 is 0. The van der Waals surface area contributed by atoms with Crippen LogP contribution in [0.4, 0.5) is 0 Å². The molecule has 2 bridgehead atoms. The van der Waals surface area contributed by atoms with Gasteiger partial charge in [0, 0.05) is 32.2 Å². The van der Waals surface area contributed by atoms with Crippen LogP contribution in [0.15, 0.2) is 55.6 Å². The lowest BCUT2D eigenvalue weighted by molar-refractivity contribution is -0.150. The predicted molar refractivity (Wildman–Crippen MR) is 181 cm³/mol. The van der Waals surface area contributed by atoms with Gasteiger partial charge in [0.05, 0.1) is 24.0 Å². The maximum Gasteiger partial charge on any atom is 0.306 e. The van der Waals surface area contributed by atoms with Crippen LogP contribution in [0, 0.1) is 11.8 Å². The number of unbranched alkanes of at least 4 members (excludes halogenated alkanes) is 3. The number of nitrogens with one attached hydrogen (secondary N) is 1. The molecule has 0 unspecified atom stereocenters. The lowest BCUT2D eigenvalue weighted by Crippen LogP contribution is -2.58. The molecule has 0 aromatic heterocycles. The van der Waals surface area contributed by atoms with Crippen molar-refractivity contribution in [1.29, 1.82) is 0 Å². The first-order valence-corrected chi connectivity index (χ1v) is 18.0. The molecule has 5 rings (SSSR count). The fraction of sp³-hybridized carbons (Fsp3) is 0.632. The van der Waals surface area contributed by atoms with E-state index in [1.807, 2.05) is 35.2 Å². The summed E-state index contributed by atoms with van der Waals surface area (Å²) in [6.45, 7) is 8.46. The van der Waals surface area contributed by atoms with E-state index in [0.29, 0.717) is 45.2 Å². The molecule has 10 heteroatoms.